The standard InChI is InChI=1S/C14H16N2O8S/c1-2-6-23-10-5-3-4-8-11(10)9-7-15(12(8)13(17)18)14(19)16(9)24-25(20,21)22/h3-5,9,12H,2,6-7H2,1H3,(H,17,18)(H,20,21,22)/t9-,12-/m1/s1. The Hall–Kier alpha value is -2.37. The van der Waals surface area contributed by atoms with Crippen LogP contribution in [0.3, 0.4) is 0 Å². The van der Waals surface area contributed by atoms with Crippen molar-refractivity contribution in [3.8, 4) is 5.75 Å². The number of carboxylic acid groups (broad SMARTS) is 1. The predicted molar refractivity (Wildman–Crippen MR) is 81.9 cm³/mol. The van der Waals surface area contributed by atoms with Crippen LogP contribution in [0.4, 0.5) is 4.79 Å². The summed E-state index contributed by atoms with van der Waals surface area (Å²) in [5, 5.41) is 10.0. The van der Waals surface area contributed by atoms with E-state index in [9.17, 15) is 23.1 Å². The van der Waals surface area contributed by atoms with Gasteiger partial charge in [-0.3, -0.25) is 4.55 Å². The van der Waals surface area contributed by atoms with Gasteiger partial charge in [-0.2, -0.15) is 13.5 Å². The van der Waals surface area contributed by atoms with Crippen LogP contribution in [0, 0.1) is 0 Å². The molecule has 2 atom stereocenters. The molecule has 2 heterocycles. The Balaban J connectivity index is 2.14. The zero-order valence-corrected chi connectivity index (χ0v) is 14.0. The molecule has 1 saturated heterocycles. The molecule has 0 saturated carbocycles. The van der Waals surface area contributed by atoms with Gasteiger partial charge in [-0.05, 0) is 18.1 Å². The SMILES string of the molecule is CCCOc1cccc2c1[C@H]1CN(C(=O)N1OS(=O)(=O)O)[C@H]2C(=O)O. The molecule has 0 radical (unpaired) electrons. The summed E-state index contributed by atoms with van der Waals surface area (Å²) >= 11 is 0. The summed E-state index contributed by atoms with van der Waals surface area (Å²) in [7, 11) is -4.96. The highest BCUT2D eigenvalue weighted by Crippen LogP contribution is 2.47. The number of carbonyl (C=O) groups is 2. The molecule has 11 heteroatoms. The van der Waals surface area contributed by atoms with E-state index in [0.717, 1.165) is 4.90 Å². The lowest BCUT2D eigenvalue weighted by Crippen LogP contribution is -2.38. The number of ether oxygens (including phenoxy) is 1. The molecule has 136 valence electrons. The highest BCUT2D eigenvalue weighted by Gasteiger charge is 2.53. The molecule has 0 aliphatic carbocycles. The number of hydrogen-bond acceptors (Lipinski definition) is 6. The van der Waals surface area contributed by atoms with Crippen molar-refractivity contribution in [1.82, 2.24) is 9.96 Å². The highest BCUT2D eigenvalue weighted by atomic mass is 32.3. The van der Waals surface area contributed by atoms with Crippen molar-refractivity contribution in [1.29, 1.82) is 0 Å². The van der Waals surface area contributed by atoms with Crippen molar-refractivity contribution < 1.29 is 36.7 Å². The topological polar surface area (TPSA) is 134 Å². The number of carbonyl (C=O) groups excluding carboxylic acids is 1. The van der Waals surface area contributed by atoms with E-state index in [1.54, 1.807) is 12.1 Å². The molecule has 2 aliphatic rings. The molecule has 3 rings (SSSR count). The van der Waals surface area contributed by atoms with Crippen LogP contribution in [0.15, 0.2) is 18.2 Å². The molecule has 1 fully saturated rings. The molecule has 1 aromatic carbocycles. The van der Waals surface area contributed by atoms with Gasteiger partial charge in [0, 0.05) is 5.56 Å². The van der Waals surface area contributed by atoms with Gasteiger partial charge in [0.1, 0.15) is 11.8 Å². The smallest absolute Gasteiger partial charge is 0.418 e. The molecule has 25 heavy (non-hydrogen) atoms. The van der Waals surface area contributed by atoms with Crippen LogP contribution in [0.5, 0.6) is 5.75 Å². The summed E-state index contributed by atoms with van der Waals surface area (Å²) < 4.78 is 41.1. The summed E-state index contributed by atoms with van der Waals surface area (Å²) in [6.07, 6.45) is 0.701. The second-order valence-electron chi connectivity index (χ2n) is 5.63. The van der Waals surface area contributed by atoms with Crippen LogP contribution in [0.25, 0.3) is 0 Å². The van der Waals surface area contributed by atoms with E-state index in [2.05, 4.69) is 4.28 Å². The Bertz CT molecular complexity index is 824. The zero-order chi connectivity index (χ0) is 18.4. The number of fused-ring (bicyclic) bond motifs is 4. The number of nitrogens with zero attached hydrogens (tertiary/aromatic N) is 2. The molecule has 1 aromatic rings. The molecule has 2 amide bonds. The fraction of sp³-hybridized carbons (Fsp3) is 0.429. The molecule has 2 bridgehead atoms. The third kappa shape index (κ3) is 3.01. The fourth-order valence-corrected chi connectivity index (χ4v) is 3.51. The van der Waals surface area contributed by atoms with E-state index >= 15 is 0 Å². The van der Waals surface area contributed by atoms with Gasteiger partial charge >= 0.3 is 22.4 Å². The molecule has 10 nitrogen and oxygen atoms in total. The van der Waals surface area contributed by atoms with E-state index in [4.69, 9.17) is 9.29 Å². The van der Waals surface area contributed by atoms with Crippen LogP contribution in [0.1, 0.15) is 36.6 Å². The second kappa shape index (κ2) is 6.17. The maximum atomic E-state index is 12.4. The van der Waals surface area contributed by atoms with Crippen molar-refractivity contribution >= 4 is 22.4 Å². The van der Waals surface area contributed by atoms with E-state index in [0.29, 0.717) is 35.0 Å². The summed E-state index contributed by atoms with van der Waals surface area (Å²) in [5.41, 5.74) is 0.668. The Morgan fingerprint density at radius 3 is 2.72 bits per heavy atom. The van der Waals surface area contributed by atoms with Crippen LogP contribution >= 0.6 is 0 Å². The fourth-order valence-electron chi connectivity index (χ4n) is 3.14. The van der Waals surface area contributed by atoms with Crippen LogP contribution in [0.2, 0.25) is 0 Å². The Morgan fingerprint density at radius 2 is 2.12 bits per heavy atom. The lowest BCUT2D eigenvalue weighted by Gasteiger charge is -2.31. The minimum Gasteiger partial charge on any atom is -0.493 e. The van der Waals surface area contributed by atoms with Gasteiger partial charge in [0.25, 0.3) is 0 Å². The van der Waals surface area contributed by atoms with Gasteiger partial charge in [-0.15, -0.1) is 4.28 Å². The molecule has 0 aromatic heterocycles. The summed E-state index contributed by atoms with van der Waals surface area (Å²) in [5.74, 6) is -0.928. The number of carboxylic acids is 1. The highest BCUT2D eigenvalue weighted by molar-refractivity contribution is 7.80. The average molecular weight is 372 g/mol. The zero-order valence-electron chi connectivity index (χ0n) is 13.2. The minimum absolute atomic E-state index is 0.106. The third-order valence-corrected chi connectivity index (χ3v) is 4.35. The summed E-state index contributed by atoms with van der Waals surface area (Å²) in [6.45, 7) is 2.15. The van der Waals surface area contributed by atoms with Gasteiger partial charge in [0.05, 0.1) is 13.2 Å². The van der Waals surface area contributed by atoms with Crippen LogP contribution in [-0.4, -0.2) is 53.2 Å². The number of aliphatic carboxylic acids is 1. The van der Waals surface area contributed by atoms with E-state index < -0.39 is 34.5 Å². The molecular weight excluding hydrogens is 356 g/mol. The first-order chi connectivity index (χ1) is 11.7. The molecule has 0 unspecified atom stereocenters. The van der Waals surface area contributed by atoms with E-state index in [1.807, 2.05) is 6.92 Å². The normalized spacial score (nSPS) is 22.1. The van der Waals surface area contributed by atoms with Crippen molar-refractivity contribution in [2.45, 2.75) is 25.4 Å². The molecule has 0 spiro atoms. The molecule has 2 N–H and O–H groups in total. The van der Waals surface area contributed by atoms with Gasteiger partial charge in [0.15, 0.2) is 6.04 Å². The number of rotatable bonds is 6. The third-order valence-electron chi connectivity index (χ3n) is 4.00. The number of urea groups is 1. The van der Waals surface area contributed by atoms with Crippen molar-refractivity contribution in [2.75, 3.05) is 13.2 Å². The average Bonchev–Trinajstić information content (AvgIpc) is 2.77. The summed E-state index contributed by atoms with van der Waals surface area (Å²) in [6, 6.07) is 1.55. The van der Waals surface area contributed by atoms with Gasteiger partial charge in [0.2, 0.25) is 0 Å². The van der Waals surface area contributed by atoms with Crippen molar-refractivity contribution in [3.05, 3.63) is 29.3 Å². The minimum atomic E-state index is -4.96. The maximum absolute atomic E-state index is 12.4. The van der Waals surface area contributed by atoms with Crippen LogP contribution < -0.4 is 4.74 Å². The van der Waals surface area contributed by atoms with E-state index in [1.165, 1.54) is 6.07 Å². The molecular formula is C14H16N2O8S. The number of amides is 2. The predicted octanol–water partition coefficient (Wildman–Crippen LogP) is 1.13. The van der Waals surface area contributed by atoms with Gasteiger partial charge in [-0.25, -0.2) is 9.59 Å². The monoisotopic (exact) mass is 372 g/mol. The maximum Gasteiger partial charge on any atom is 0.418 e. The van der Waals surface area contributed by atoms with Crippen LogP contribution in [-0.2, 0) is 19.5 Å². The second-order valence-corrected chi connectivity index (χ2v) is 6.63. The van der Waals surface area contributed by atoms with Gasteiger partial charge in [-0.1, -0.05) is 19.1 Å². The number of hydroxylamine groups is 2. The Kier molecular flexibility index (Phi) is 4.31. The number of benzene rings is 1. The Labute approximate surface area is 143 Å². The first-order valence-corrected chi connectivity index (χ1v) is 8.86. The lowest BCUT2D eigenvalue weighted by atomic mass is 9.90. The number of hydrogen-bond donors (Lipinski definition) is 2. The lowest BCUT2D eigenvalue weighted by molar-refractivity contribution is -0.142. The van der Waals surface area contributed by atoms with Crippen molar-refractivity contribution in [2.24, 2.45) is 0 Å². The van der Waals surface area contributed by atoms with Crippen molar-refractivity contribution in [3.63, 3.8) is 0 Å². The summed E-state index contributed by atoms with van der Waals surface area (Å²) in [4.78, 5) is 25.1. The Morgan fingerprint density at radius 1 is 1.40 bits per heavy atom. The first-order valence-electron chi connectivity index (χ1n) is 7.50. The van der Waals surface area contributed by atoms with Gasteiger partial charge < -0.3 is 14.7 Å². The molecule has 2 aliphatic heterocycles. The first kappa shape index (κ1) is 17.5. The quantitative estimate of drug-likeness (QED) is 0.710. The van der Waals surface area contributed by atoms with E-state index in [-0.39, 0.29) is 6.54 Å². The largest absolute Gasteiger partial charge is 0.493 e.